The number of anilines is 1. The summed E-state index contributed by atoms with van der Waals surface area (Å²) in [5, 5.41) is 14.8. The third kappa shape index (κ3) is 5.44. The number of imidazole rings is 1. The highest BCUT2D eigenvalue weighted by Gasteiger charge is 2.29. The Balaban J connectivity index is 1.44. The Kier molecular flexibility index (Phi) is 7.25. The van der Waals surface area contributed by atoms with Crippen molar-refractivity contribution in [2.45, 2.75) is 17.9 Å². The van der Waals surface area contributed by atoms with Gasteiger partial charge in [0.05, 0.1) is 9.82 Å². The van der Waals surface area contributed by atoms with Crippen LogP contribution in [-0.4, -0.2) is 71.9 Å². The summed E-state index contributed by atoms with van der Waals surface area (Å²) in [6.45, 7) is 3.08. The molecule has 0 amide bonds. The van der Waals surface area contributed by atoms with Crippen molar-refractivity contribution in [3.63, 3.8) is 0 Å². The van der Waals surface area contributed by atoms with Crippen molar-refractivity contribution in [1.29, 1.82) is 0 Å². The summed E-state index contributed by atoms with van der Waals surface area (Å²) in [4.78, 5) is 17.5. The van der Waals surface area contributed by atoms with E-state index in [9.17, 15) is 18.5 Å². The number of benzene rings is 2. The van der Waals surface area contributed by atoms with Gasteiger partial charge in [0.25, 0.3) is 5.69 Å². The molecule has 0 atom stereocenters. The standard InChI is InChI=1S/C23H28N6O4S/c1-26-13-15-28(16-14-26)34(32,33)20-7-8-21(22(17-20)29(30)31)24-10-9-23-25-11-12-27(23)18-19-5-3-2-4-6-19/h2-8,11-12,17,24H,9-10,13-16,18H2,1H3. The molecule has 1 fully saturated rings. The van der Waals surface area contributed by atoms with Gasteiger partial charge in [0.1, 0.15) is 11.5 Å². The second-order valence-electron chi connectivity index (χ2n) is 8.28. The molecule has 1 aromatic heterocycles. The molecule has 0 radical (unpaired) electrons. The normalized spacial score (nSPS) is 15.3. The number of nitrogens with one attached hydrogen (secondary N) is 1. The van der Waals surface area contributed by atoms with E-state index in [0.29, 0.717) is 45.7 Å². The molecule has 1 N–H and O–H groups in total. The zero-order valence-electron chi connectivity index (χ0n) is 19.0. The molecule has 2 aromatic carbocycles. The first-order valence-electron chi connectivity index (χ1n) is 11.1. The second kappa shape index (κ2) is 10.3. The van der Waals surface area contributed by atoms with Crippen LogP contribution in [0.3, 0.4) is 0 Å². The van der Waals surface area contributed by atoms with Gasteiger partial charge in [-0.05, 0) is 24.7 Å². The van der Waals surface area contributed by atoms with E-state index in [0.717, 1.165) is 17.5 Å². The number of likely N-dealkylation sites (N-methyl/N-ethyl adjacent to an activating group) is 1. The first-order valence-corrected chi connectivity index (χ1v) is 12.5. The molecule has 180 valence electrons. The Morgan fingerprint density at radius 2 is 1.82 bits per heavy atom. The lowest BCUT2D eigenvalue weighted by molar-refractivity contribution is -0.384. The molecule has 34 heavy (non-hydrogen) atoms. The van der Waals surface area contributed by atoms with E-state index in [2.05, 4.69) is 10.3 Å². The predicted molar refractivity (Wildman–Crippen MR) is 129 cm³/mol. The van der Waals surface area contributed by atoms with E-state index in [1.54, 1.807) is 6.20 Å². The van der Waals surface area contributed by atoms with Gasteiger partial charge in [-0.25, -0.2) is 13.4 Å². The number of aromatic nitrogens is 2. The minimum absolute atomic E-state index is 0.0623. The summed E-state index contributed by atoms with van der Waals surface area (Å²) in [6, 6.07) is 14.1. The summed E-state index contributed by atoms with van der Waals surface area (Å²) < 4.78 is 29.4. The topological polar surface area (TPSA) is 114 Å². The molecule has 10 nitrogen and oxygen atoms in total. The molecule has 0 saturated carbocycles. The van der Waals surface area contributed by atoms with Gasteiger partial charge >= 0.3 is 0 Å². The van der Waals surface area contributed by atoms with Crippen molar-refractivity contribution >= 4 is 21.4 Å². The second-order valence-corrected chi connectivity index (χ2v) is 10.2. The Bertz CT molecular complexity index is 1240. The number of sulfonamides is 1. The average Bonchev–Trinajstić information content (AvgIpc) is 3.26. The molecule has 1 saturated heterocycles. The lowest BCUT2D eigenvalue weighted by Crippen LogP contribution is -2.47. The van der Waals surface area contributed by atoms with Crippen LogP contribution in [-0.2, 0) is 23.0 Å². The lowest BCUT2D eigenvalue weighted by Gasteiger charge is -2.31. The SMILES string of the molecule is CN1CCN(S(=O)(=O)c2ccc(NCCc3nccn3Cc3ccccc3)c([N+](=O)[O-])c2)CC1. The molecule has 11 heteroatoms. The van der Waals surface area contributed by atoms with E-state index >= 15 is 0 Å². The first kappa shape index (κ1) is 23.9. The quantitative estimate of drug-likeness (QED) is 0.367. The zero-order chi connectivity index (χ0) is 24.1. The van der Waals surface area contributed by atoms with Crippen LogP contribution in [0.2, 0.25) is 0 Å². The molecular formula is C23H28N6O4S. The molecule has 0 bridgehead atoms. The van der Waals surface area contributed by atoms with Gasteiger partial charge in [-0.3, -0.25) is 10.1 Å². The molecule has 0 aliphatic carbocycles. The molecule has 2 heterocycles. The van der Waals surface area contributed by atoms with Crippen LogP contribution < -0.4 is 5.32 Å². The van der Waals surface area contributed by atoms with Crippen molar-refractivity contribution in [1.82, 2.24) is 18.8 Å². The third-order valence-corrected chi connectivity index (χ3v) is 7.82. The molecule has 1 aliphatic heterocycles. The van der Waals surface area contributed by atoms with Crippen molar-refractivity contribution < 1.29 is 13.3 Å². The summed E-state index contributed by atoms with van der Waals surface area (Å²) in [6.07, 6.45) is 4.19. The molecule has 0 spiro atoms. The average molecular weight is 485 g/mol. The minimum atomic E-state index is -3.79. The van der Waals surface area contributed by atoms with E-state index < -0.39 is 14.9 Å². The van der Waals surface area contributed by atoms with Crippen LogP contribution in [0.25, 0.3) is 0 Å². The monoisotopic (exact) mass is 484 g/mol. The van der Waals surface area contributed by atoms with Gasteiger partial charge in [0.2, 0.25) is 10.0 Å². The van der Waals surface area contributed by atoms with Crippen LogP contribution in [0.5, 0.6) is 0 Å². The number of piperazine rings is 1. The van der Waals surface area contributed by atoms with E-state index in [1.807, 2.05) is 53.0 Å². The number of nitro groups is 1. The minimum Gasteiger partial charge on any atom is -0.379 e. The van der Waals surface area contributed by atoms with Crippen LogP contribution in [0.15, 0.2) is 65.8 Å². The summed E-state index contributed by atoms with van der Waals surface area (Å²) >= 11 is 0. The van der Waals surface area contributed by atoms with Crippen LogP contribution in [0.1, 0.15) is 11.4 Å². The largest absolute Gasteiger partial charge is 0.379 e. The number of rotatable bonds is 9. The number of hydrogen-bond acceptors (Lipinski definition) is 7. The van der Waals surface area contributed by atoms with Crippen molar-refractivity contribution in [2.75, 3.05) is 45.1 Å². The number of nitro benzene ring substituents is 1. The Hall–Kier alpha value is -3.28. The highest BCUT2D eigenvalue weighted by Crippen LogP contribution is 2.29. The van der Waals surface area contributed by atoms with E-state index in [-0.39, 0.29) is 16.3 Å². The number of hydrogen-bond donors (Lipinski definition) is 1. The van der Waals surface area contributed by atoms with Gasteiger partial charge in [-0.2, -0.15) is 4.31 Å². The van der Waals surface area contributed by atoms with Crippen LogP contribution >= 0.6 is 0 Å². The fourth-order valence-corrected chi connectivity index (χ4v) is 5.39. The van der Waals surface area contributed by atoms with Gasteiger partial charge in [-0.1, -0.05) is 30.3 Å². The Morgan fingerprint density at radius 1 is 1.09 bits per heavy atom. The highest BCUT2D eigenvalue weighted by atomic mass is 32.2. The van der Waals surface area contributed by atoms with Crippen molar-refractivity contribution in [2.24, 2.45) is 0 Å². The number of nitrogens with zero attached hydrogens (tertiary/aromatic N) is 5. The summed E-state index contributed by atoms with van der Waals surface area (Å²) in [5.74, 6) is 0.855. The molecule has 0 unspecified atom stereocenters. The van der Waals surface area contributed by atoms with Crippen molar-refractivity contribution in [3.05, 3.63) is 82.4 Å². The first-order chi connectivity index (χ1) is 16.3. The Labute approximate surface area is 199 Å². The third-order valence-electron chi connectivity index (χ3n) is 5.93. The van der Waals surface area contributed by atoms with E-state index in [1.165, 1.54) is 16.4 Å². The van der Waals surface area contributed by atoms with Gasteiger partial charge in [-0.15, -0.1) is 0 Å². The molecular weight excluding hydrogens is 456 g/mol. The summed E-state index contributed by atoms with van der Waals surface area (Å²) in [7, 11) is -1.85. The maximum atomic E-state index is 13.0. The maximum absolute atomic E-state index is 13.0. The maximum Gasteiger partial charge on any atom is 0.293 e. The fourth-order valence-electron chi connectivity index (χ4n) is 3.95. The van der Waals surface area contributed by atoms with E-state index in [4.69, 9.17) is 0 Å². The molecule has 3 aromatic rings. The van der Waals surface area contributed by atoms with Crippen LogP contribution in [0.4, 0.5) is 11.4 Å². The predicted octanol–water partition coefficient (Wildman–Crippen LogP) is 2.43. The summed E-state index contributed by atoms with van der Waals surface area (Å²) in [5.41, 5.74) is 1.17. The zero-order valence-corrected chi connectivity index (χ0v) is 19.8. The highest BCUT2D eigenvalue weighted by molar-refractivity contribution is 7.89. The molecule has 1 aliphatic rings. The molecule has 4 rings (SSSR count). The Morgan fingerprint density at radius 3 is 2.53 bits per heavy atom. The fraction of sp³-hybridized carbons (Fsp3) is 0.348. The lowest BCUT2D eigenvalue weighted by atomic mass is 10.2. The van der Waals surface area contributed by atoms with Gasteiger partial charge in [0.15, 0.2) is 0 Å². The van der Waals surface area contributed by atoms with Crippen molar-refractivity contribution in [3.8, 4) is 0 Å². The smallest absolute Gasteiger partial charge is 0.293 e. The van der Waals surface area contributed by atoms with Gasteiger partial charge < -0.3 is 14.8 Å². The van der Waals surface area contributed by atoms with Gasteiger partial charge in [0, 0.05) is 64.1 Å². The van der Waals surface area contributed by atoms with Crippen LogP contribution in [0, 0.1) is 10.1 Å².